The van der Waals surface area contributed by atoms with Gasteiger partial charge >= 0.3 is 0 Å². The molecule has 0 atom stereocenters. The summed E-state index contributed by atoms with van der Waals surface area (Å²) in [7, 11) is 0. The molecule has 0 spiro atoms. The highest BCUT2D eigenvalue weighted by molar-refractivity contribution is 5.97. The van der Waals surface area contributed by atoms with Gasteiger partial charge in [0.1, 0.15) is 0 Å². The first-order valence-corrected chi connectivity index (χ1v) is 7.65. The van der Waals surface area contributed by atoms with Crippen molar-refractivity contribution in [2.75, 3.05) is 5.73 Å². The van der Waals surface area contributed by atoms with Crippen molar-refractivity contribution < 1.29 is 0 Å². The van der Waals surface area contributed by atoms with E-state index in [0.29, 0.717) is 5.69 Å². The number of H-pyrrole nitrogens is 1. The summed E-state index contributed by atoms with van der Waals surface area (Å²) in [6, 6.07) is 8.06. The van der Waals surface area contributed by atoms with Gasteiger partial charge in [-0.05, 0) is 36.6 Å². The summed E-state index contributed by atoms with van der Waals surface area (Å²) in [6.07, 6.45) is 8.12. The van der Waals surface area contributed by atoms with Crippen LogP contribution in [0.5, 0.6) is 0 Å². The van der Waals surface area contributed by atoms with Gasteiger partial charge in [-0.15, -0.1) is 0 Å². The number of anilines is 1. The maximum atomic E-state index is 6.48. The summed E-state index contributed by atoms with van der Waals surface area (Å²) in [6.45, 7) is 0. The van der Waals surface area contributed by atoms with E-state index in [9.17, 15) is 0 Å². The number of benzene rings is 1. The number of rotatable bonds is 2. The second-order valence-corrected chi connectivity index (χ2v) is 6.15. The molecule has 1 fully saturated rings. The van der Waals surface area contributed by atoms with E-state index in [-0.39, 0.29) is 5.54 Å². The van der Waals surface area contributed by atoms with E-state index in [1.54, 1.807) is 6.20 Å². The minimum absolute atomic E-state index is 0.203. The zero-order valence-corrected chi connectivity index (χ0v) is 12.3. The van der Waals surface area contributed by atoms with Gasteiger partial charge in [0, 0.05) is 22.7 Å². The Kier molecular flexibility index (Phi) is 2.90. The van der Waals surface area contributed by atoms with Gasteiger partial charge in [0.25, 0.3) is 0 Å². The molecular formula is C17H19N5. The number of nitrogen functional groups attached to an aromatic ring is 1. The van der Waals surface area contributed by atoms with Gasteiger partial charge < -0.3 is 11.5 Å². The summed E-state index contributed by atoms with van der Waals surface area (Å²) >= 11 is 0. The van der Waals surface area contributed by atoms with Crippen LogP contribution < -0.4 is 11.5 Å². The smallest absolute Gasteiger partial charge is 0.0723 e. The van der Waals surface area contributed by atoms with E-state index < -0.39 is 0 Å². The van der Waals surface area contributed by atoms with E-state index >= 15 is 0 Å². The van der Waals surface area contributed by atoms with Crippen molar-refractivity contribution in [3.05, 3.63) is 42.2 Å². The number of pyridine rings is 1. The zero-order chi connectivity index (χ0) is 15.2. The third-order valence-corrected chi connectivity index (χ3v) is 4.78. The molecule has 1 aromatic carbocycles. The van der Waals surface area contributed by atoms with Crippen molar-refractivity contribution in [3.8, 4) is 11.3 Å². The topological polar surface area (TPSA) is 93.6 Å². The molecule has 2 aromatic heterocycles. The minimum Gasteiger partial charge on any atom is -0.398 e. The summed E-state index contributed by atoms with van der Waals surface area (Å²) in [5, 5.41) is 7.88. The predicted octanol–water partition coefficient (Wildman–Crippen LogP) is 2.94. The average molecular weight is 293 g/mol. The molecule has 112 valence electrons. The van der Waals surface area contributed by atoms with Crippen molar-refractivity contribution in [3.63, 3.8) is 0 Å². The van der Waals surface area contributed by atoms with E-state index in [0.717, 1.165) is 40.6 Å². The number of aromatic amines is 1. The van der Waals surface area contributed by atoms with Gasteiger partial charge in [0.15, 0.2) is 0 Å². The summed E-state index contributed by atoms with van der Waals surface area (Å²) in [4.78, 5) is 4.60. The molecule has 4 rings (SSSR count). The van der Waals surface area contributed by atoms with Crippen LogP contribution in [0.4, 0.5) is 5.69 Å². The Morgan fingerprint density at radius 1 is 1.05 bits per heavy atom. The van der Waals surface area contributed by atoms with Crippen molar-refractivity contribution in [2.24, 2.45) is 5.73 Å². The molecule has 3 aromatic rings. The Hall–Kier alpha value is -2.40. The Morgan fingerprint density at radius 3 is 2.59 bits per heavy atom. The van der Waals surface area contributed by atoms with Crippen LogP contribution in [0.1, 0.15) is 31.2 Å². The number of hydrogen-bond donors (Lipinski definition) is 3. The Morgan fingerprint density at radius 2 is 1.86 bits per heavy atom. The van der Waals surface area contributed by atoms with Crippen LogP contribution >= 0.6 is 0 Å². The molecular weight excluding hydrogens is 274 g/mol. The van der Waals surface area contributed by atoms with Gasteiger partial charge in [0.2, 0.25) is 0 Å². The lowest BCUT2D eigenvalue weighted by Gasteiger charge is -2.23. The number of nitrogens with zero attached hydrogens (tertiary/aromatic N) is 2. The van der Waals surface area contributed by atoms with Crippen LogP contribution in [-0.2, 0) is 5.54 Å². The highest BCUT2D eigenvalue weighted by Gasteiger charge is 2.31. The lowest BCUT2D eigenvalue weighted by molar-refractivity contribution is 0.460. The fourth-order valence-electron chi connectivity index (χ4n) is 3.40. The number of aromatic nitrogens is 3. The van der Waals surface area contributed by atoms with Gasteiger partial charge in [-0.1, -0.05) is 18.9 Å². The second kappa shape index (κ2) is 4.81. The van der Waals surface area contributed by atoms with Gasteiger partial charge in [-0.2, -0.15) is 5.10 Å². The quantitative estimate of drug-likeness (QED) is 0.633. The fraction of sp³-hybridized carbons (Fsp3) is 0.294. The molecule has 0 amide bonds. The molecule has 1 saturated carbocycles. The number of fused-ring (bicyclic) bond motifs is 1. The zero-order valence-electron chi connectivity index (χ0n) is 12.3. The SMILES string of the molecule is Nc1c(-c2ccc(C3(N)CCCC3)cn2)ccc2[nH]ncc12. The molecule has 1 aliphatic carbocycles. The maximum absolute atomic E-state index is 6.48. The van der Waals surface area contributed by atoms with Crippen LogP contribution in [0.2, 0.25) is 0 Å². The first kappa shape index (κ1) is 13.3. The Bertz CT molecular complexity index is 813. The highest BCUT2D eigenvalue weighted by atomic mass is 15.1. The van der Waals surface area contributed by atoms with Crippen molar-refractivity contribution in [1.82, 2.24) is 15.2 Å². The van der Waals surface area contributed by atoms with Gasteiger partial charge in [0.05, 0.1) is 23.1 Å². The van der Waals surface area contributed by atoms with E-state index in [1.165, 1.54) is 12.8 Å². The molecule has 0 unspecified atom stereocenters. The summed E-state index contributed by atoms with van der Waals surface area (Å²) in [5.74, 6) is 0. The van der Waals surface area contributed by atoms with Crippen LogP contribution in [0.15, 0.2) is 36.7 Å². The monoisotopic (exact) mass is 293 g/mol. The van der Waals surface area contributed by atoms with Crippen LogP contribution in [0, 0.1) is 0 Å². The second-order valence-electron chi connectivity index (χ2n) is 6.15. The molecule has 5 N–H and O–H groups in total. The van der Waals surface area contributed by atoms with Crippen molar-refractivity contribution >= 4 is 16.6 Å². The first-order valence-electron chi connectivity index (χ1n) is 7.65. The lowest BCUT2D eigenvalue weighted by atomic mass is 9.90. The fourth-order valence-corrected chi connectivity index (χ4v) is 3.40. The number of nitrogens with one attached hydrogen (secondary N) is 1. The Labute approximate surface area is 128 Å². The normalized spacial score (nSPS) is 17.1. The third-order valence-electron chi connectivity index (χ3n) is 4.78. The first-order chi connectivity index (χ1) is 10.7. The summed E-state index contributed by atoms with van der Waals surface area (Å²) in [5.41, 5.74) is 17.1. The van der Waals surface area contributed by atoms with Crippen molar-refractivity contribution in [1.29, 1.82) is 0 Å². The number of nitrogens with two attached hydrogens (primary N) is 2. The van der Waals surface area contributed by atoms with Crippen LogP contribution in [-0.4, -0.2) is 15.2 Å². The minimum atomic E-state index is -0.203. The van der Waals surface area contributed by atoms with Gasteiger partial charge in [-0.3, -0.25) is 10.1 Å². The largest absolute Gasteiger partial charge is 0.398 e. The molecule has 2 heterocycles. The molecule has 1 aliphatic rings. The van der Waals surface area contributed by atoms with E-state index in [2.05, 4.69) is 21.2 Å². The van der Waals surface area contributed by atoms with Crippen LogP contribution in [0.25, 0.3) is 22.2 Å². The number of hydrogen-bond acceptors (Lipinski definition) is 4. The molecule has 0 bridgehead atoms. The molecule has 22 heavy (non-hydrogen) atoms. The standard InChI is InChI=1S/C17H19N5/c18-16-12(4-6-15-13(16)10-21-22-15)14-5-3-11(9-20-14)17(19)7-1-2-8-17/h3-6,9-10H,1-2,7-8,18-19H2,(H,21,22). The Balaban J connectivity index is 1.74. The van der Waals surface area contributed by atoms with Gasteiger partial charge in [-0.25, -0.2) is 0 Å². The molecule has 0 radical (unpaired) electrons. The third kappa shape index (κ3) is 1.97. The van der Waals surface area contributed by atoms with Crippen molar-refractivity contribution in [2.45, 2.75) is 31.2 Å². The van der Waals surface area contributed by atoms with E-state index in [4.69, 9.17) is 11.5 Å². The van der Waals surface area contributed by atoms with Crippen LogP contribution in [0.3, 0.4) is 0 Å². The average Bonchev–Trinajstić information content (AvgIpc) is 3.18. The lowest BCUT2D eigenvalue weighted by Crippen LogP contribution is -2.33. The molecule has 0 aliphatic heterocycles. The highest BCUT2D eigenvalue weighted by Crippen LogP contribution is 2.37. The summed E-state index contributed by atoms with van der Waals surface area (Å²) < 4.78 is 0. The molecule has 0 saturated heterocycles. The van der Waals surface area contributed by atoms with E-state index in [1.807, 2.05) is 24.4 Å². The molecule has 5 heteroatoms. The maximum Gasteiger partial charge on any atom is 0.0723 e. The molecule has 5 nitrogen and oxygen atoms in total. The predicted molar refractivity (Wildman–Crippen MR) is 88.1 cm³/mol.